The summed E-state index contributed by atoms with van der Waals surface area (Å²) in [5.41, 5.74) is 10.9. The topological polar surface area (TPSA) is 120 Å². The van der Waals surface area contributed by atoms with Crippen molar-refractivity contribution in [3.05, 3.63) is 17.8 Å². The smallest absolute Gasteiger partial charge is 0.340 e. The Bertz CT molecular complexity index is 514. The molecule has 20 heavy (non-hydrogen) atoms. The Hall–Kier alpha value is -2.31. The van der Waals surface area contributed by atoms with Crippen molar-refractivity contribution in [2.24, 2.45) is 5.73 Å². The Balaban J connectivity index is 3.00. The minimum absolute atomic E-state index is 0.109. The van der Waals surface area contributed by atoms with E-state index in [2.05, 4.69) is 10.3 Å². The number of hydrogen-bond donors (Lipinski definition) is 3. The van der Waals surface area contributed by atoms with Crippen LogP contribution in [0.5, 0.6) is 0 Å². The molecule has 0 spiro atoms. The molecule has 1 heterocycles. The molecule has 0 atom stereocenters. The highest BCUT2D eigenvalue weighted by atomic mass is 16.5. The number of esters is 1. The second-order valence-electron chi connectivity index (χ2n) is 4.99. The molecule has 0 saturated heterocycles. The number of anilines is 2. The second kappa shape index (κ2) is 6.23. The van der Waals surface area contributed by atoms with Crippen LogP contribution < -0.4 is 16.8 Å². The monoisotopic (exact) mass is 280 g/mol. The molecule has 0 aromatic carbocycles. The van der Waals surface area contributed by atoms with Gasteiger partial charge in [0.15, 0.2) is 0 Å². The number of pyridine rings is 1. The van der Waals surface area contributed by atoms with Gasteiger partial charge in [-0.2, -0.15) is 0 Å². The van der Waals surface area contributed by atoms with Gasteiger partial charge in [0.25, 0.3) is 0 Å². The Morgan fingerprint density at radius 1 is 1.45 bits per heavy atom. The summed E-state index contributed by atoms with van der Waals surface area (Å²) < 4.78 is 4.91. The Morgan fingerprint density at radius 3 is 2.65 bits per heavy atom. The number of ether oxygens (including phenoxy) is 1. The molecule has 1 rings (SSSR count). The van der Waals surface area contributed by atoms with E-state index in [1.165, 1.54) is 12.3 Å². The van der Waals surface area contributed by atoms with Gasteiger partial charge in [0.1, 0.15) is 5.82 Å². The number of nitrogens with zero attached hydrogens (tertiary/aromatic N) is 1. The molecule has 0 radical (unpaired) electrons. The SMILES string of the molecule is CCOC(=O)c1ccnc(NC(C)(C)CC(N)=O)c1N. The fourth-order valence-electron chi connectivity index (χ4n) is 1.76. The molecule has 0 bridgehead atoms. The van der Waals surface area contributed by atoms with E-state index < -0.39 is 17.4 Å². The third-order valence-corrected chi connectivity index (χ3v) is 2.56. The molecule has 0 unspecified atom stereocenters. The maximum atomic E-state index is 11.7. The van der Waals surface area contributed by atoms with Crippen molar-refractivity contribution in [2.75, 3.05) is 17.7 Å². The lowest BCUT2D eigenvalue weighted by Crippen LogP contribution is -2.36. The minimum atomic E-state index is -0.625. The lowest BCUT2D eigenvalue weighted by atomic mass is 10.00. The quantitative estimate of drug-likeness (QED) is 0.666. The van der Waals surface area contributed by atoms with Crippen LogP contribution in [0.4, 0.5) is 11.5 Å². The van der Waals surface area contributed by atoms with Crippen LogP contribution >= 0.6 is 0 Å². The zero-order chi connectivity index (χ0) is 15.3. The molecule has 7 heteroatoms. The number of carbonyl (C=O) groups excluding carboxylic acids is 2. The Labute approximate surface area is 117 Å². The van der Waals surface area contributed by atoms with Crippen LogP contribution in [0.15, 0.2) is 12.3 Å². The van der Waals surface area contributed by atoms with E-state index >= 15 is 0 Å². The number of aromatic nitrogens is 1. The first kappa shape index (κ1) is 15.7. The largest absolute Gasteiger partial charge is 0.462 e. The molecule has 7 nitrogen and oxygen atoms in total. The maximum Gasteiger partial charge on any atom is 0.340 e. The molecule has 1 aromatic rings. The van der Waals surface area contributed by atoms with E-state index in [-0.39, 0.29) is 24.3 Å². The third-order valence-electron chi connectivity index (χ3n) is 2.56. The average Bonchev–Trinajstić information content (AvgIpc) is 2.30. The van der Waals surface area contributed by atoms with Crippen molar-refractivity contribution >= 4 is 23.4 Å². The first-order valence-electron chi connectivity index (χ1n) is 6.25. The van der Waals surface area contributed by atoms with Crippen molar-refractivity contribution in [3.63, 3.8) is 0 Å². The predicted molar refractivity (Wildman–Crippen MR) is 76.1 cm³/mol. The number of hydrogen-bond acceptors (Lipinski definition) is 6. The first-order chi connectivity index (χ1) is 9.26. The number of rotatable bonds is 6. The van der Waals surface area contributed by atoms with Crippen LogP contribution in [0.25, 0.3) is 0 Å². The zero-order valence-corrected chi connectivity index (χ0v) is 11.9. The summed E-state index contributed by atoms with van der Waals surface area (Å²) >= 11 is 0. The Kier molecular flexibility index (Phi) is 4.90. The first-order valence-corrected chi connectivity index (χ1v) is 6.25. The van der Waals surface area contributed by atoms with Gasteiger partial charge in [-0.25, -0.2) is 9.78 Å². The number of nitrogens with two attached hydrogens (primary N) is 2. The molecule has 0 saturated carbocycles. The van der Waals surface area contributed by atoms with Gasteiger partial charge in [-0.05, 0) is 26.8 Å². The molecule has 1 amide bonds. The van der Waals surface area contributed by atoms with Gasteiger partial charge in [0.2, 0.25) is 5.91 Å². The van der Waals surface area contributed by atoms with Crippen LogP contribution in [0.2, 0.25) is 0 Å². The van der Waals surface area contributed by atoms with E-state index in [9.17, 15) is 9.59 Å². The summed E-state index contributed by atoms with van der Waals surface area (Å²) in [6.07, 6.45) is 1.56. The van der Waals surface area contributed by atoms with Crippen molar-refractivity contribution in [2.45, 2.75) is 32.7 Å². The zero-order valence-electron chi connectivity index (χ0n) is 11.9. The number of primary amides is 1. The van der Waals surface area contributed by atoms with Gasteiger partial charge in [-0.15, -0.1) is 0 Å². The number of amides is 1. The predicted octanol–water partition coefficient (Wildman–Crippen LogP) is 0.906. The molecule has 1 aromatic heterocycles. The molecule has 5 N–H and O–H groups in total. The summed E-state index contributed by atoms with van der Waals surface area (Å²) in [5.74, 6) is -0.632. The van der Waals surface area contributed by atoms with Crippen LogP contribution in [0, 0.1) is 0 Å². The van der Waals surface area contributed by atoms with Crippen LogP contribution in [-0.2, 0) is 9.53 Å². The molecular formula is C13H20N4O3. The van der Waals surface area contributed by atoms with Crippen molar-refractivity contribution < 1.29 is 14.3 Å². The summed E-state index contributed by atoms with van der Waals surface area (Å²) in [5, 5.41) is 3.01. The van der Waals surface area contributed by atoms with E-state index in [1.54, 1.807) is 20.8 Å². The van der Waals surface area contributed by atoms with Crippen LogP contribution in [-0.4, -0.2) is 29.0 Å². The maximum absolute atomic E-state index is 11.7. The molecule has 0 aliphatic carbocycles. The molecular weight excluding hydrogens is 260 g/mol. The van der Waals surface area contributed by atoms with E-state index in [1.807, 2.05) is 0 Å². The summed E-state index contributed by atoms with van der Waals surface area (Å²) in [6, 6.07) is 1.49. The van der Waals surface area contributed by atoms with Crippen molar-refractivity contribution in [1.29, 1.82) is 0 Å². The average molecular weight is 280 g/mol. The van der Waals surface area contributed by atoms with Gasteiger partial charge in [-0.1, -0.05) is 0 Å². The Morgan fingerprint density at radius 2 is 2.10 bits per heavy atom. The van der Waals surface area contributed by atoms with E-state index in [0.717, 1.165) is 0 Å². The molecule has 0 aliphatic rings. The fourth-order valence-corrected chi connectivity index (χ4v) is 1.76. The fraction of sp³-hybridized carbons (Fsp3) is 0.462. The summed E-state index contributed by atoms with van der Waals surface area (Å²) in [6.45, 7) is 5.55. The van der Waals surface area contributed by atoms with E-state index in [4.69, 9.17) is 16.2 Å². The van der Waals surface area contributed by atoms with Gasteiger partial charge in [0.05, 0.1) is 17.9 Å². The summed E-state index contributed by atoms with van der Waals surface area (Å²) in [7, 11) is 0. The van der Waals surface area contributed by atoms with Crippen molar-refractivity contribution in [3.8, 4) is 0 Å². The number of nitrogens with one attached hydrogen (secondary N) is 1. The number of nitrogen functional groups attached to an aromatic ring is 1. The number of carbonyl (C=O) groups is 2. The second-order valence-corrected chi connectivity index (χ2v) is 4.99. The highest BCUT2D eigenvalue weighted by Crippen LogP contribution is 2.25. The lowest BCUT2D eigenvalue weighted by Gasteiger charge is -2.26. The normalized spacial score (nSPS) is 10.9. The van der Waals surface area contributed by atoms with Gasteiger partial charge in [0, 0.05) is 18.2 Å². The highest BCUT2D eigenvalue weighted by Gasteiger charge is 2.23. The van der Waals surface area contributed by atoms with Crippen LogP contribution in [0.3, 0.4) is 0 Å². The molecule has 110 valence electrons. The standard InChI is InChI=1S/C13H20N4O3/c1-4-20-12(19)8-5-6-16-11(10(8)15)17-13(2,3)7-9(14)18/h5-6H,4,7,15H2,1-3H3,(H2,14,18)(H,16,17). The van der Waals surface area contributed by atoms with Gasteiger partial charge in [-0.3, -0.25) is 4.79 Å². The van der Waals surface area contributed by atoms with Gasteiger partial charge >= 0.3 is 5.97 Å². The minimum Gasteiger partial charge on any atom is -0.462 e. The third kappa shape index (κ3) is 4.11. The lowest BCUT2D eigenvalue weighted by molar-refractivity contribution is -0.118. The highest BCUT2D eigenvalue weighted by molar-refractivity contribution is 5.97. The van der Waals surface area contributed by atoms with Crippen LogP contribution in [0.1, 0.15) is 37.6 Å². The molecule has 0 fully saturated rings. The summed E-state index contributed by atoms with van der Waals surface area (Å²) in [4.78, 5) is 26.8. The van der Waals surface area contributed by atoms with Gasteiger partial charge < -0.3 is 21.5 Å². The molecule has 0 aliphatic heterocycles. The van der Waals surface area contributed by atoms with E-state index in [0.29, 0.717) is 5.82 Å². The van der Waals surface area contributed by atoms with Crippen molar-refractivity contribution in [1.82, 2.24) is 4.98 Å².